The maximum absolute atomic E-state index is 13.1. The van der Waals surface area contributed by atoms with Gasteiger partial charge >= 0.3 is 0 Å². The van der Waals surface area contributed by atoms with E-state index in [9.17, 15) is 9.18 Å². The molecule has 6 heteroatoms. The van der Waals surface area contributed by atoms with Gasteiger partial charge in [0.15, 0.2) is 0 Å². The van der Waals surface area contributed by atoms with E-state index in [1.165, 1.54) is 18.2 Å². The number of halogens is 2. The molecule has 100 valence electrons. The number of nitrogens with zero attached hydrogens (tertiary/aromatic N) is 1. The van der Waals surface area contributed by atoms with Crippen LogP contribution in [0.2, 0.25) is 0 Å². The summed E-state index contributed by atoms with van der Waals surface area (Å²) >= 11 is 3.27. The second-order valence-corrected chi connectivity index (χ2v) is 4.84. The van der Waals surface area contributed by atoms with Gasteiger partial charge in [0.2, 0.25) is 0 Å². The van der Waals surface area contributed by atoms with E-state index in [1.54, 1.807) is 6.07 Å². The first-order valence-electron chi connectivity index (χ1n) is 5.86. The standard InChI is InChI=1S/C13H13BrFN3O/c1-2-16-7-9-6-12(19)18-13(17-9)10-4-3-8(15)5-11(10)14/h3-6,16H,2,7H2,1H3,(H,17,18,19). The monoisotopic (exact) mass is 325 g/mol. The van der Waals surface area contributed by atoms with Gasteiger partial charge in [0.05, 0.1) is 5.69 Å². The van der Waals surface area contributed by atoms with Crippen molar-refractivity contribution in [1.82, 2.24) is 15.3 Å². The number of nitrogens with one attached hydrogen (secondary N) is 2. The second-order valence-electron chi connectivity index (χ2n) is 3.99. The molecule has 0 bridgehead atoms. The van der Waals surface area contributed by atoms with Crippen LogP contribution in [-0.2, 0) is 6.54 Å². The Morgan fingerprint density at radius 1 is 1.42 bits per heavy atom. The Balaban J connectivity index is 2.44. The van der Waals surface area contributed by atoms with Crippen molar-refractivity contribution in [3.05, 3.63) is 50.6 Å². The van der Waals surface area contributed by atoms with Crippen molar-refractivity contribution in [3.63, 3.8) is 0 Å². The first-order valence-corrected chi connectivity index (χ1v) is 6.66. The van der Waals surface area contributed by atoms with E-state index in [1.807, 2.05) is 6.92 Å². The lowest BCUT2D eigenvalue weighted by atomic mass is 10.2. The van der Waals surface area contributed by atoms with E-state index in [0.29, 0.717) is 28.1 Å². The summed E-state index contributed by atoms with van der Waals surface area (Å²) < 4.78 is 13.6. The maximum atomic E-state index is 13.1. The second kappa shape index (κ2) is 6.08. The van der Waals surface area contributed by atoms with E-state index in [2.05, 4.69) is 31.2 Å². The van der Waals surface area contributed by atoms with Gasteiger partial charge in [-0.15, -0.1) is 0 Å². The number of aromatic amines is 1. The summed E-state index contributed by atoms with van der Waals surface area (Å²) in [5, 5.41) is 3.11. The molecule has 2 rings (SSSR count). The van der Waals surface area contributed by atoms with E-state index in [-0.39, 0.29) is 11.4 Å². The van der Waals surface area contributed by atoms with E-state index >= 15 is 0 Å². The van der Waals surface area contributed by atoms with Gasteiger partial charge in [-0.1, -0.05) is 6.92 Å². The third-order valence-electron chi connectivity index (χ3n) is 2.54. The first-order chi connectivity index (χ1) is 9.10. The fourth-order valence-electron chi connectivity index (χ4n) is 1.66. The fourth-order valence-corrected chi connectivity index (χ4v) is 2.20. The Morgan fingerprint density at radius 2 is 2.21 bits per heavy atom. The van der Waals surface area contributed by atoms with Gasteiger partial charge in [-0.3, -0.25) is 4.79 Å². The Morgan fingerprint density at radius 3 is 2.89 bits per heavy atom. The molecule has 0 aliphatic carbocycles. The fraction of sp³-hybridized carbons (Fsp3) is 0.231. The van der Waals surface area contributed by atoms with E-state index in [4.69, 9.17) is 0 Å². The molecule has 0 saturated heterocycles. The predicted molar refractivity (Wildman–Crippen MR) is 75.3 cm³/mol. The minimum atomic E-state index is -0.346. The zero-order chi connectivity index (χ0) is 13.8. The van der Waals surface area contributed by atoms with Gasteiger partial charge in [-0.2, -0.15) is 0 Å². The molecule has 0 amide bonds. The molecule has 1 aromatic carbocycles. The SMILES string of the molecule is CCNCc1cc(=O)[nH]c(-c2ccc(F)cc2Br)n1. The molecule has 19 heavy (non-hydrogen) atoms. The van der Waals surface area contributed by atoms with Crippen LogP contribution in [0, 0.1) is 5.82 Å². The quantitative estimate of drug-likeness (QED) is 0.907. The Labute approximate surface area is 118 Å². The summed E-state index contributed by atoms with van der Waals surface area (Å²) in [6, 6.07) is 5.70. The molecule has 2 aromatic rings. The topological polar surface area (TPSA) is 57.8 Å². The minimum Gasteiger partial charge on any atom is -0.311 e. The van der Waals surface area contributed by atoms with E-state index in [0.717, 1.165) is 6.54 Å². The molecular formula is C13H13BrFN3O. The molecule has 0 unspecified atom stereocenters. The largest absolute Gasteiger partial charge is 0.311 e. The molecule has 2 N–H and O–H groups in total. The summed E-state index contributed by atoms with van der Waals surface area (Å²) in [7, 11) is 0. The van der Waals surface area contributed by atoms with Gasteiger partial charge in [0, 0.05) is 22.6 Å². The highest BCUT2D eigenvalue weighted by Crippen LogP contribution is 2.25. The summed E-state index contributed by atoms with van der Waals surface area (Å²) in [6.45, 7) is 3.29. The van der Waals surface area contributed by atoms with Crippen molar-refractivity contribution in [2.24, 2.45) is 0 Å². The van der Waals surface area contributed by atoms with Gasteiger partial charge < -0.3 is 10.3 Å². The van der Waals surface area contributed by atoms with Gasteiger partial charge in [-0.05, 0) is 40.7 Å². The lowest BCUT2D eigenvalue weighted by Gasteiger charge is -2.06. The van der Waals surface area contributed by atoms with Crippen LogP contribution in [-0.4, -0.2) is 16.5 Å². The summed E-state index contributed by atoms with van der Waals surface area (Å²) in [4.78, 5) is 18.6. The van der Waals surface area contributed by atoms with Crippen LogP contribution in [0.4, 0.5) is 4.39 Å². The number of H-pyrrole nitrogens is 1. The molecule has 0 spiro atoms. The molecule has 1 aromatic heterocycles. The van der Waals surface area contributed by atoms with E-state index < -0.39 is 0 Å². The van der Waals surface area contributed by atoms with Crippen molar-refractivity contribution in [1.29, 1.82) is 0 Å². The Bertz CT molecular complexity index is 642. The van der Waals surface area contributed by atoms with Gasteiger partial charge in [0.25, 0.3) is 5.56 Å². The van der Waals surface area contributed by atoms with Crippen molar-refractivity contribution in [2.75, 3.05) is 6.54 Å². The predicted octanol–water partition coefficient (Wildman–Crippen LogP) is 2.45. The lowest BCUT2D eigenvalue weighted by Crippen LogP contribution is -2.17. The third kappa shape index (κ3) is 3.48. The molecule has 1 heterocycles. The highest BCUT2D eigenvalue weighted by atomic mass is 79.9. The van der Waals surface area contributed by atoms with Crippen LogP contribution in [0.25, 0.3) is 11.4 Å². The van der Waals surface area contributed by atoms with Crippen molar-refractivity contribution >= 4 is 15.9 Å². The van der Waals surface area contributed by atoms with Crippen LogP contribution < -0.4 is 10.9 Å². The smallest absolute Gasteiger partial charge is 0.251 e. The molecular weight excluding hydrogens is 313 g/mol. The third-order valence-corrected chi connectivity index (χ3v) is 3.19. The zero-order valence-electron chi connectivity index (χ0n) is 10.3. The molecule has 0 saturated carbocycles. The highest BCUT2D eigenvalue weighted by molar-refractivity contribution is 9.10. The van der Waals surface area contributed by atoms with Crippen molar-refractivity contribution in [2.45, 2.75) is 13.5 Å². The molecule has 0 aliphatic rings. The summed E-state index contributed by atoms with van der Waals surface area (Å²) in [5.74, 6) is 0.0778. The van der Waals surface area contributed by atoms with Crippen LogP contribution in [0.15, 0.2) is 33.5 Å². The molecule has 0 fully saturated rings. The Hall–Kier alpha value is -1.53. The van der Waals surface area contributed by atoms with Crippen molar-refractivity contribution < 1.29 is 4.39 Å². The maximum Gasteiger partial charge on any atom is 0.251 e. The van der Waals surface area contributed by atoms with Crippen molar-refractivity contribution in [3.8, 4) is 11.4 Å². The minimum absolute atomic E-state index is 0.228. The lowest BCUT2D eigenvalue weighted by molar-refractivity contribution is 0.627. The number of rotatable bonds is 4. The number of hydrogen-bond acceptors (Lipinski definition) is 3. The number of benzene rings is 1. The molecule has 4 nitrogen and oxygen atoms in total. The van der Waals surface area contributed by atoms with Crippen LogP contribution in [0.3, 0.4) is 0 Å². The summed E-state index contributed by atoms with van der Waals surface area (Å²) in [6.07, 6.45) is 0. The van der Waals surface area contributed by atoms with Crippen LogP contribution >= 0.6 is 15.9 Å². The molecule has 0 radical (unpaired) electrons. The molecule has 0 atom stereocenters. The normalized spacial score (nSPS) is 10.7. The van der Waals surface area contributed by atoms with Gasteiger partial charge in [0.1, 0.15) is 11.6 Å². The average molecular weight is 326 g/mol. The Kier molecular flexibility index (Phi) is 4.44. The number of aromatic nitrogens is 2. The average Bonchev–Trinajstić information content (AvgIpc) is 2.35. The zero-order valence-corrected chi connectivity index (χ0v) is 11.9. The van der Waals surface area contributed by atoms with Gasteiger partial charge in [-0.25, -0.2) is 9.37 Å². The molecule has 0 aliphatic heterocycles. The number of hydrogen-bond donors (Lipinski definition) is 2. The van der Waals surface area contributed by atoms with Crippen LogP contribution in [0.1, 0.15) is 12.6 Å². The first kappa shape index (κ1) is 13.9. The highest BCUT2D eigenvalue weighted by Gasteiger charge is 2.08. The summed E-state index contributed by atoms with van der Waals surface area (Å²) in [5.41, 5.74) is 1.07. The van der Waals surface area contributed by atoms with Crippen LogP contribution in [0.5, 0.6) is 0 Å².